The van der Waals surface area contributed by atoms with Crippen LogP contribution >= 0.6 is 0 Å². The van der Waals surface area contributed by atoms with Crippen LogP contribution in [0.5, 0.6) is 0 Å². The molecule has 0 aliphatic rings. The van der Waals surface area contributed by atoms with Crippen molar-refractivity contribution in [3.63, 3.8) is 0 Å². The van der Waals surface area contributed by atoms with E-state index in [9.17, 15) is 22.8 Å². The van der Waals surface area contributed by atoms with Gasteiger partial charge in [0, 0.05) is 30.7 Å². The van der Waals surface area contributed by atoms with Crippen LogP contribution in [-0.4, -0.2) is 41.7 Å². The summed E-state index contributed by atoms with van der Waals surface area (Å²) in [6.07, 6.45) is 2.50. The minimum Gasteiger partial charge on any atom is -0.447 e. The summed E-state index contributed by atoms with van der Waals surface area (Å²) in [5.74, 6) is -2.24. The second-order valence-corrected chi connectivity index (χ2v) is 7.92. The number of urea groups is 1. The van der Waals surface area contributed by atoms with Gasteiger partial charge in [-0.2, -0.15) is 0 Å². The number of fused-ring (bicyclic) bond motifs is 1. The van der Waals surface area contributed by atoms with Crippen LogP contribution in [0.1, 0.15) is 24.8 Å². The summed E-state index contributed by atoms with van der Waals surface area (Å²) >= 11 is 0. The summed E-state index contributed by atoms with van der Waals surface area (Å²) in [4.78, 5) is 30.4. The summed E-state index contributed by atoms with van der Waals surface area (Å²) in [5.41, 5.74) is 0.0134. The van der Waals surface area contributed by atoms with Crippen LogP contribution in [0.4, 0.5) is 28.6 Å². The monoisotopic (exact) mass is 487 g/mol. The zero-order chi connectivity index (χ0) is 25.4. The van der Waals surface area contributed by atoms with Crippen molar-refractivity contribution in [2.45, 2.75) is 31.8 Å². The normalized spacial score (nSPS) is 11.7. The maximum Gasteiger partial charge on any atom is 0.412 e. The van der Waals surface area contributed by atoms with E-state index in [1.807, 2.05) is 0 Å². The number of pyridine rings is 1. The average Bonchev–Trinajstić information content (AvgIpc) is 2.84. The SMILES string of the molecule is [CH2]CCC[C@@H](COC(=O)Nc1cc2cc(F)ccc2cn1)N(C)C(=O)NCc1cccc(F)c1F. The van der Waals surface area contributed by atoms with Gasteiger partial charge in [0.25, 0.3) is 0 Å². The third-order valence-corrected chi connectivity index (χ3v) is 5.44. The first-order valence-electron chi connectivity index (χ1n) is 11.0. The van der Waals surface area contributed by atoms with E-state index < -0.39 is 35.6 Å². The van der Waals surface area contributed by atoms with Crippen molar-refractivity contribution in [1.29, 1.82) is 0 Å². The van der Waals surface area contributed by atoms with Gasteiger partial charge < -0.3 is 15.0 Å². The van der Waals surface area contributed by atoms with Crippen molar-refractivity contribution in [1.82, 2.24) is 15.2 Å². The van der Waals surface area contributed by atoms with E-state index in [0.29, 0.717) is 30.0 Å². The molecule has 3 amide bonds. The zero-order valence-electron chi connectivity index (χ0n) is 19.2. The van der Waals surface area contributed by atoms with Crippen LogP contribution in [0.15, 0.2) is 48.7 Å². The molecule has 0 aliphatic heterocycles. The lowest BCUT2D eigenvalue weighted by Crippen LogP contribution is -2.46. The first kappa shape index (κ1) is 25.8. The number of carbonyl (C=O) groups excluding carboxylic acids is 2. The number of nitrogens with zero attached hydrogens (tertiary/aromatic N) is 2. The quantitative estimate of drug-likeness (QED) is 0.423. The minimum atomic E-state index is -1.02. The topological polar surface area (TPSA) is 83.6 Å². The number of benzene rings is 2. The molecule has 1 heterocycles. The Morgan fingerprint density at radius 1 is 1.14 bits per heavy atom. The van der Waals surface area contributed by atoms with Gasteiger partial charge in [0.15, 0.2) is 11.6 Å². The second-order valence-electron chi connectivity index (χ2n) is 7.92. The molecule has 2 aromatic carbocycles. The Bertz CT molecular complexity index is 1190. The second kappa shape index (κ2) is 12.0. The van der Waals surface area contributed by atoms with Crippen molar-refractivity contribution in [2.75, 3.05) is 19.0 Å². The predicted molar refractivity (Wildman–Crippen MR) is 126 cm³/mol. The Balaban J connectivity index is 1.57. The highest BCUT2D eigenvalue weighted by atomic mass is 19.2. The number of rotatable bonds is 9. The molecule has 0 fully saturated rings. The minimum absolute atomic E-state index is 0.0134. The van der Waals surface area contributed by atoms with Gasteiger partial charge in [-0.05, 0) is 42.1 Å². The maximum atomic E-state index is 13.8. The van der Waals surface area contributed by atoms with Crippen LogP contribution in [0.3, 0.4) is 0 Å². The van der Waals surface area contributed by atoms with Crippen molar-refractivity contribution in [2.24, 2.45) is 0 Å². The average molecular weight is 488 g/mol. The molecule has 185 valence electrons. The molecule has 0 bridgehead atoms. The van der Waals surface area contributed by atoms with E-state index in [1.54, 1.807) is 6.07 Å². The van der Waals surface area contributed by atoms with E-state index in [0.717, 1.165) is 6.07 Å². The highest BCUT2D eigenvalue weighted by Gasteiger charge is 2.22. The van der Waals surface area contributed by atoms with Crippen LogP contribution in [0.25, 0.3) is 10.8 Å². The fourth-order valence-electron chi connectivity index (χ4n) is 3.41. The van der Waals surface area contributed by atoms with Crippen molar-refractivity contribution >= 4 is 28.7 Å². The van der Waals surface area contributed by atoms with Gasteiger partial charge in [-0.3, -0.25) is 5.32 Å². The van der Waals surface area contributed by atoms with Gasteiger partial charge in [-0.25, -0.2) is 27.7 Å². The molecule has 3 rings (SSSR count). The third kappa shape index (κ3) is 7.08. The van der Waals surface area contributed by atoms with Crippen LogP contribution in [-0.2, 0) is 11.3 Å². The highest BCUT2D eigenvalue weighted by Crippen LogP contribution is 2.18. The van der Waals surface area contributed by atoms with Gasteiger partial charge >= 0.3 is 12.1 Å². The molecule has 0 unspecified atom stereocenters. The molecule has 1 radical (unpaired) electrons. The first-order chi connectivity index (χ1) is 16.8. The Morgan fingerprint density at radius 2 is 1.94 bits per heavy atom. The molecule has 0 aliphatic carbocycles. The molecule has 0 saturated carbocycles. The van der Waals surface area contributed by atoms with Crippen molar-refractivity contribution in [3.8, 4) is 0 Å². The third-order valence-electron chi connectivity index (χ3n) is 5.44. The van der Waals surface area contributed by atoms with Gasteiger partial charge in [-0.15, -0.1) is 0 Å². The number of nitrogens with one attached hydrogen (secondary N) is 2. The number of likely N-dealkylation sites (N-methyl/N-ethyl adjacent to an activating group) is 1. The summed E-state index contributed by atoms with van der Waals surface area (Å²) in [7, 11) is 1.52. The Hall–Kier alpha value is -3.82. The lowest BCUT2D eigenvalue weighted by molar-refractivity contribution is 0.113. The van der Waals surface area contributed by atoms with Crippen molar-refractivity contribution < 1.29 is 27.5 Å². The number of hydrogen-bond acceptors (Lipinski definition) is 4. The van der Waals surface area contributed by atoms with Gasteiger partial charge in [0.05, 0.1) is 6.04 Å². The molecule has 1 aromatic heterocycles. The van der Waals surface area contributed by atoms with Crippen LogP contribution in [0, 0.1) is 24.4 Å². The summed E-state index contributed by atoms with van der Waals surface area (Å²) in [6, 6.07) is 8.44. The zero-order valence-corrected chi connectivity index (χ0v) is 19.2. The first-order valence-corrected chi connectivity index (χ1v) is 11.0. The lowest BCUT2D eigenvalue weighted by Gasteiger charge is -2.28. The standard InChI is InChI=1S/C25H26F3N4O3/c1-3-4-7-20(32(2)24(33)30-14-17-6-5-8-21(27)23(17)28)15-35-25(34)31-22-12-18-11-19(26)10-9-16(18)13-29-22/h5-6,8-13,20H,1,3-4,7,14-15H2,2H3,(H,30,33)(H,29,31,34)/t20-/m0/s1. The number of aromatic nitrogens is 1. The van der Waals surface area contributed by atoms with E-state index in [2.05, 4.69) is 22.5 Å². The molecular formula is C25H26F3N4O3. The van der Waals surface area contributed by atoms with Crippen LogP contribution < -0.4 is 10.6 Å². The summed E-state index contributed by atoms with van der Waals surface area (Å²) in [5, 5.41) is 6.31. The molecule has 10 heteroatoms. The molecule has 2 N–H and O–H groups in total. The smallest absolute Gasteiger partial charge is 0.412 e. The molecule has 1 atom stereocenters. The maximum absolute atomic E-state index is 13.8. The molecule has 7 nitrogen and oxygen atoms in total. The number of anilines is 1. The molecule has 0 spiro atoms. The van der Waals surface area contributed by atoms with E-state index in [4.69, 9.17) is 4.74 Å². The van der Waals surface area contributed by atoms with Crippen LogP contribution in [0.2, 0.25) is 0 Å². The number of halogens is 3. The molecule has 35 heavy (non-hydrogen) atoms. The fraction of sp³-hybridized carbons (Fsp3) is 0.280. The van der Waals surface area contributed by atoms with Gasteiger partial charge in [0.1, 0.15) is 18.2 Å². The summed E-state index contributed by atoms with van der Waals surface area (Å²) < 4.78 is 46.0. The molecule has 0 saturated heterocycles. The molecular weight excluding hydrogens is 461 g/mol. The van der Waals surface area contributed by atoms with Gasteiger partial charge in [-0.1, -0.05) is 31.9 Å². The van der Waals surface area contributed by atoms with E-state index in [1.165, 1.54) is 48.5 Å². The number of carbonyl (C=O) groups is 2. The largest absolute Gasteiger partial charge is 0.447 e. The number of amides is 3. The number of hydrogen-bond donors (Lipinski definition) is 2. The summed E-state index contributed by atoms with van der Waals surface area (Å²) in [6.45, 7) is 3.46. The van der Waals surface area contributed by atoms with Crippen molar-refractivity contribution in [3.05, 3.63) is 78.6 Å². The number of ether oxygens (including phenoxy) is 1. The van der Waals surface area contributed by atoms with E-state index in [-0.39, 0.29) is 24.5 Å². The predicted octanol–water partition coefficient (Wildman–Crippen LogP) is 5.42. The Morgan fingerprint density at radius 3 is 2.71 bits per heavy atom. The Kier molecular flexibility index (Phi) is 8.88. The highest BCUT2D eigenvalue weighted by molar-refractivity contribution is 5.89. The van der Waals surface area contributed by atoms with Gasteiger partial charge in [0.2, 0.25) is 0 Å². The lowest BCUT2D eigenvalue weighted by atomic mass is 10.1. The molecule has 3 aromatic rings. The fourth-order valence-corrected chi connectivity index (χ4v) is 3.41. The Labute approximate surface area is 201 Å². The number of unbranched alkanes of at least 4 members (excludes halogenated alkanes) is 1. The van der Waals surface area contributed by atoms with E-state index >= 15 is 0 Å².